The molecule has 0 fully saturated rings. The van der Waals surface area contributed by atoms with Gasteiger partial charge in [0.2, 0.25) is 0 Å². The first-order valence-corrected chi connectivity index (χ1v) is 11.1. The Balaban J connectivity index is 1.37. The van der Waals surface area contributed by atoms with Crippen molar-refractivity contribution >= 4 is 11.6 Å². The maximum absolute atomic E-state index is 12.7. The summed E-state index contributed by atoms with van der Waals surface area (Å²) in [6.07, 6.45) is 2.33. The number of rotatable bonds is 7. The Labute approximate surface area is 184 Å². The van der Waals surface area contributed by atoms with E-state index in [1.54, 1.807) is 0 Å². The molecule has 1 N–H and O–H groups in total. The zero-order valence-electron chi connectivity index (χ0n) is 18.3. The zero-order valence-corrected chi connectivity index (χ0v) is 18.3. The molecule has 1 aliphatic rings. The Morgan fingerprint density at radius 3 is 2.52 bits per heavy atom. The smallest absolute Gasteiger partial charge is 0.251 e. The number of ether oxygens (including phenoxy) is 1. The Hall–Kier alpha value is -3.27. The van der Waals surface area contributed by atoms with Gasteiger partial charge in [-0.05, 0) is 73.7 Å². The van der Waals surface area contributed by atoms with Crippen LogP contribution in [-0.4, -0.2) is 19.1 Å². The summed E-state index contributed by atoms with van der Waals surface area (Å²) in [6, 6.07) is 24.4. The van der Waals surface area contributed by atoms with Gasteiger partial charge in [0.1, 0.15) is 5.75 Å². The average Bonchev–Trinajstić information content (AvgIpc) is 2.80. The normalized spacial score (nSPS) is 13.9. The molecule has 3 aromatic rings. The first kappa shape index (κ1) is 21.0. The fourth-order valence-corrected chi connectivity index (χ4v) is 4.14. The molecule has 0 aliphatic carbocycles. The number of amides is 1. The van der Waals surface area contributed by atoms with E-state index in [4.69, 9.17) is 4.74 Å². The maximum Gasteiger partial charge on any atom is 0.251 e. The predicted octanol–water partition coefficient (Wildman–Crippen LogP) is 5.53. The molecule has 1 amide bonds. The summed E-state index contributed by atoms with van der Waals surface area (Å²) in [7, 11) is 0. The van der Waals surface area contributed by atoms with Gasteiger partial charge in [-0.25, -0.2) is 0 Å². The summed E-state index contributed by atoms with van der Waals surface area (Å²) < 4.78 is 5.49. The van der Waals surface area contributed by atoms with Crippen molar-refractivity contribution in [2.75, 3.05) is 18.1 Å². The highest BCUT2D eigenvalue weighted by Gasteiger charge is 2.17. The minimum atomic E-state index is -0.0762. The first-order chi connectivity index (χ1) is 15.1. The van der Waals surface area contributed by atoms with Crippen molar-refractivity contribution in [1.82, 2.24) is 5.32 Å². The number of anilines is 1. The molecule has 0 spiro atoms. The highest BCUT2D eigenvalue weighted by atomic mass is 16.5. The molecule has 0 unspecified atom stereocenters. The summed E-state index contributed by atoms with van der Waals surface area (Å²) in [5.74, 6) is 0.785. The number of hydrogen-bond acceptors (Lipinski definition) is 3. The molecule has 160 valence electrons. The lowest BCUT2D eigenvalue weighted by Crippen LogP contribution is -2.29. The second kappa shape index (κ2) is 9.69. The molecule has 0 saturated carbocycles. The molecule has 1 heterocycles. The molecule has 0 bridgehead atoms. The Morgan fingerprint density at radius 1 is 1.03 bits per heavy atom. The van der Waals surface area contributed by atoms with E-state index in [-0.39, 0.29) is 11.9 Å². The quantitative estimate of drug-likeness (QED) is 0.553. The number of carbonyl (C=O) groups excluding carboxylic acids is 1. The molecule has 1 aliphatic heterocycles. The van der Waals surface area contributed by atoms with Crippen LogP contribution in [0, 0.1) is 0 Å². The molecule has 0 radical (unpaired) electrons. The number of fused-ring (bicyclic) bond motifs is 1. The summed E-state index contributed by atoms with van der Waals surface area (Å²) >= 11 is 0. The van der Waals surface area contributed by atoms with Gasteiger partial charge in [-0.1, -0.05) is 42.5 Å². The van der Waals surface area contributed by atoms with Gasteiger partial charge in [-0.3, -0.25) is 4.79 Å². The van der Waals surface area contributed by atoms with Crippen molar-refractivity contribution < 1.29 is 9.53 Å². The van der Waals surface area contributed by atoms with E-state index in [9.17, 15) is 4.79 Å². The fraction of sp³-hybridized carbons (Fsp3) is 0.296. The van der Waals surface area contributed by atoms with Crippen LogP contribution in [0.1, 0.15) is 53.4 Å². The third-order valence-electron chi connectivity index (χ3n) is 5.83. The molecule has 1 atom stereocenters. The standard InChI is InChI=1S/C27H30N2O2/c1-3-31-25-16-14-22(15-17-25)20(2)28-27(30)24-12-10-21(11-13-24)19-29-18-6-8-23-7-4-5-9-26(23)29/h4-5,7,9-17,20H,3,6,8,18-19H2,1-2H3,(H,28,30)/t20-/m1/s1. The highest BCUT2D eigenvalue weighted by molar-refractivity contribution is 5.94. The maximum atomic E-state index is 12.7. The molecule has 4 heteroatoms. The van der Waals surface area contributed by atoms with E-state index >= 15 is 0 Å². The minimum absolute atomic E-state index is 0.0590. The first-order valence-electron chi connectivity index (χ1n) is 11.1. The SMILES string of the molecule is CCOc1ccc([C@@H](C)NC(=O)c2ccc(CN3CCCc4ccccc43)cc2)cc1. The Bertz CT molecular complexity index is 1010. The molecule has 0 saturated heterocycles. The van der Waals surface area contributed by atoms with Gasteiger partial charge in [0.25, 0.3) is 5.91 Å². The second-order valence-electron chi connectivity index (χ2n) is 8.05. The van der Waals surface area contributed by atoms with Gasteiger partial charge in [-0.2, -0.15) is 0 Å². The molecule has 4 nitrogen and oxygen atoms in total. The number of aryl methyl sites for hydroxylation is 1. The summed E-state index contributed by atoms with van der Waals surface area (Å²) in [4.78, 5) is 15.1. The fourth-order valence-electron chi connectivity index (χ4n) is 4.14. The van der Waals surface area contributed by atoms with Crippen LogP contribution in [0.5, 0.6) is 5.75 Å². The van der Waals surface area contributed by atoms with E-state index in [1.165, 1.54) is 23.2 Å². The van der Waals surface area contributed by atoms with Crippen molar-refractivity contribution in [2.24, 2.45) is 0 Å². The van der Waals surface area contributed by atoms with Crippen molar-refractivity contribution in [2.45, 2.75) is 39.3 Å². The summed E-state index contributed by atoms with van der Waals surface area (Å²) in [6.45, 7) is 6.54. The van der Waals surface area contributed by atoms with Gasteiger partial charge in [0.15, 0.2) is 0 Å². The van der Waals surface area contributed by atoms with Crippen molar-refractivity contribution in [3.05, 3.63) is 95.1 Å². The number of nitrogens with one attached hydrogen (secondary N) is 1. The third kappa shape index (κ3) is 5.08. The predicted molar refractivity (Wildman–Crippen MR) is 126 cm³/mol. The molecule has 3 aromatic carbocycles. The zero-order chi connectivity index (χ0) is 21.6. The molecule has 31 heavy (non-hydrogen) atoms. The van der Waals surface area contributed by atoms with Crippen LogP contribution in [0.2, 0.25) is 0 Å². The molecular formula is C27H30N2O2. The van der Waals surface area contributed by atoms with E-state index < -0.39 is 0 Å². The largest absolute Gasteiger partial charge is 0.494 e. The van der Waals surface area contributed by atoms with Crippen LogP contribution in [0.25, 0.3) is 0 Å². The van der Waals surface area contributed by atoms with Gasteiger partial charge >= 0.3 is 0 Å². The van der Waals surface area contributed by atoms with Crippen LogP contribution in [-0.2, 0) is 13.0 Å². The molecule has 0 aromatic heterocycles. The van der Waals surface area contributed by atoms with Gasteiger partial charge in [-0.15, -0.1) is 0 Å². The number of para-hydroxylation sites is 1. The third-order valence-corrected chi connectivity index (χ3v) is 5.83. The lowest BCUT2D eigenvalue weighted by Gasteiger charge is -2.31. The number of nitrogens with zero attached hydrogens (tertiary/aromatic N) is 1. The summed E-state index contributed by atoms with van der Waals surface area (Å²) in [5, 5.41) is 3.09. The van der Waals surface area contributed by atoms with Crippen molar-refractivity contribution in [1.29, 1.82) is 0 Å². The Morgan fingerprint density at radius 2 is 1.77 bits per heavy atom. The lowest BCUT2D eigenvalue weighted by atomic mass is 10.0. The molecule has 4 rings (SSSR count). The van der Waals surface area contributed by atoms with Crippen LogP contribution < -0.4 is 15.0 Å². The lowest BCUT2D eigenvalue weighted by molar-refractivity contribution is 0.0940. The van der Waals surface area contributed by atoms with Gasteiger partial charge < -0.3 is 15.0 Å². The van der Waals surface area contributed by atoms with Crippen molar-refractivity contribution in [3.63, 3.8) is 0 Å². The molecular weight excluding hydrogens is 384 g/mol. The van der Waals surface area contributed by atoms with Gasteiger partial charge in [0, 0.05) is 24.3 Å². The van der Waals surface area contributed by atoms with Gasteiger partial charge in [0.05, 0.1) is 12.6 Å². The van der Waals surface area contributed by atoms with Crippen LogP contribution in [0.15, 0.2) is 72.8 Å². The minimum Gasteiger partial charge on any atom is -0.494 e. The number of hydrogen-bond donors (Lipinski definition) is 1. The number of benzene rings is 3. The van der Waals surface area contributed by atoms with E-state index in [0.717, 1.165) is 30.8 Å². The summed E-state index contributed by atoms with van der Waals surface area (Å²) in [5.41, 5.74) is 5.71. The van der Waals surface area contributed by atoms with Crippen molar-refractivity contribution in [3.8, 4) is 5.75 Å². The topological polar surface area (TPSA) is 41.6 Å². The monoisotopic (exact) mass is 414 g/mol. The van der Waals surface area contributed by atoms with Crippen LogP contribution in [0.4, 0.5) is 5.69 Å². The average molecular weight is 415 g/mol. The number of carbonyl (C=O) groups is 1. The van der Waals surface area contributed by atoms with E-state index in [2.05, 4.69) is 46.6 Å². The van der Waals surface area contributed by atoms with Crippen LogP contribution >= 0.6 is 0 Å². The Kier molecular flexibility index (Phi) is 6.56. The van der Waals surface area contributed by atoms with E-state index in [0.29, 0.717) is 12.2 Å². The second-order valence-corrected chi connectivity index (χ2v) is 8.05. The highest BCUT2D eigenvalue weighted by Crippen LogP contribution is 2.28. The van der Waals surface area contributed by atoms with Crippen LogP contribution in [0.3, 0.4) is 0 Å². The van der Waals surface area contributed by atoms with E-state index in [1.807, 2.05) is 50.2 Å².